The van der Waals surface area contributed by atoms with Gasteiger partial charge in [0, 0.05) is 43.6 Å². The van der Waals surface area contributed by atoms with Crippen LogP contribution in [0.4, 0.5) is 28.4 Å². The maximum absolute atomic E-state index is 4.11. The second kappa shape index (κ2) is 14.3. The van der Waals surface area contributed by atoms with Crippen molar-refractivity contribution in [2.24, 2.45) is 0 Å². The quantitative estimate of drug-likeness (QED) is 0.174. The van der Waals surface area contributed by atoms with Crippen molar-refractivity contribution in [2.75, 3.05) is 10.2 Å². The predicted molar refractivity (Wildman–Crippen MR) is 275 cm³/mol. The molecule has 0 fully saturated rings. The third-order valence-corrected chi connectivity index (χ3v) is 14.7. The van der Waals surface area contributed by atoms with Crippen LogP contribution in [-0.4, -0.2) is 7.28 Å². The van der Waals surface area contributed by atoms with Gasteiger partial charge in [-0.05, 0) is 107 Å². The van der Waals surface area contributed by atoms with Gasteiger partial charge in [0.1, 0.15) is 0 Å². The first kappa shape index (κ1) is 39.5. The number of hydrogen-bond acceptors (Lipinski definition) is 3. The van der Waals surface area contributed by atoms with Gasteiger partial charge in [0.25, 0.3) is 0 Å². The van der Waals surface area contributed by atoms with Crippen molar-refractivity contribution >= 4 is 78.2 Å². The average molecular weight is 832 g/mol. The first-order chi connectivity index (χ1) is 30.3. The van der Waals surface area contributed by atoms with Crippen LogP contribution in [0.15, 0.2) is 164 Å². The Hall–Kier alpha value is -6.36. The monoisotopic (exact) mass is 831 g/mol. The standard InChI is InChI=1S/C59H52BN2S/c1-57(2,3)38-26-29-40(30-27-38)61-54-44(31-32-47-52(54)42-22-14-16-24-46(42)59(47,7)8)51-41-21-13-12-20-37(41)34-49-53(51)60-56-55(43-23-15-17-25-50(43)63-56)62(49)48-33-28-39(58(4,5)6)35-45(48)36-18-10-9-11-19-36/h9-35,61H,1-8H3. The smallest absolute Gasteiger partial charge is 0.211 e. The summed E-state index contributed by atoms with van der Waals surface area (Å²) in [4.78, 5) is 2.60. The molecule has 1 radical (unpaired) electrons. The van der Waals surface area contributed by atoms with Gasteiger partial charge in [-0.2, -0.15) is 0 Å². The Bertz CT molecular complexity index is 3270. The second-order valence-electron chi connectivity index (χ2n) is 20.1. The first-order valence-corrected chi connectivity index (χ1v) is 23.2. The Balaban J connectivity index is 1.24. The fourth-order valence-corrected chi connectivity index (χ4v) is 11.4. The van der Waals surface area contributed by atoms with Crippen molar-refractivity contribution < 1.29 is 0 Å². The van der Waals surface area contributed by atoms with Crippen LogP contribution in [0, 0.1) is 0 Å². The van der Waals surface area contributed by atoms with Gasteiger partial charge < -0.3 is 10.2 Å². The minimum Gasteiger partial charge on any atom is -0.355 e. The lowest BCUT2D eigenvalue weighted by atomic mass is 9.61. The summed E-state index contributed by atoms with van der Waals surface area (Å²) < 4.78 is 2.55. The molecule has 9 aromatic rings. The topological polar surface area (TPSA) is 15.3 Å². The summed E-state index contributed by atoms with van der Waals surface area (Å²) in [5, 5.41) is 7.82. The summed E-state index contributed by atoms with van der Waals surface area (Å²) in [5.41, 5.74) is 19.7. The van der Waals surface area contributed by atoms with Crippen LogP contribution in [0.1, 0.15) is 77.6 Å². The molecular formula is C59H52BN2S. The number of nitrogens with one attached hydrogen (secondary N) is 1. The fourth-order valence-electron chi connectivity index (χ4n) is 10.2. The average Bonchev–Trinajstić information content (AvgIpc) is 3.76. The highest BCUT2D eigenvalue weighted by Crippen LogP contribution is 2.56. The van der Waals surface area contributed by atoms with E-state index in [0.29, 0.717) is 0 Å². The molecule has 2 nitrogen and oxygen atoms in total. The van der Waals surface area contributed by atoms with Crippen molar-refractivity contribution in [3.8, 4) is 33.4 Å². The fraction of sp³-hybridized carbons (Fsp3) is 0.186. The van der Waals surface area contributed by atoms with E-state index in [0.717, 1.165) is 11.4 Å². The zero-order chi connectivity index (χ0) is 43.4. The van der Waals surface area contributed by atoms with Crippen molar-refractivity contribution in [1.82, 2.24) is 0 Å². The van der Waals surface area contributed by atoms with Gasteiger partial charge in [-0.3, -0.25) is 0 Å². The molecule has 11 rings (SSSR count). The summed E-state index contributed by atoms with van der Waals surface area (Å²) >= 11 is 1.89. The maximum Gasteiger partial charge on any atom is 0.211 e. The van der Waals surface area contributed by atoms with Gasteiger partial charge in [0.05, 0.1) is 17.1 Å². The van der Waals surface area contributed by atoms with E-state index < -0.39 is 0 Å². The van der Waals surface area contributed by atoms with E-state index in [1.165, 1.54) is 104 Å². The zero-order valence-corrected chi connectivity index (χ0v) is 38.3. The van der Waals surface area contributed by atoms with Crippen LogP contribution in [0.3, 0.4) is 0 Å². The molecule has 0 saturated heterocycles. The van der Waals surface area contributed by atoms with Crippen LogP contribution in [0.5, 0.6) is 0 Å². The first-order valence-electron chi connectivity index (χ1n) is 22.3. The summed E-state index contributed by atoms with van der Waals surface area (Å²) in [5.74, 6) is 0. The van der Waals surface area contributed by atoms with E-state index >= 15 is 0 Å². The van der Waals surface area contributed by atoms with Crippen molar-refractivity contribution in [2.45, 2.75) is 71.6 Å². The Morgan fingerprint density at radius 1 is 0.540 bits per heavy atom. The molecule has 1 aromatic heterocycles. The Labute approximate surface area is 377 Å². The predicted octanol–water partition coefficient (Wildman–Crippen LogP) is 15.5. The lowest BCUT2D eigenvalue weighted by Gasteiger charge is -2.36. The highest BCUT2D eigenvalue weighted by molar-refractivity contribution is 7.29. The molecule has 0 amide bonds. The Morgan fingerprint density at radius 3 is 1.97 bits per heavy atom. The van der Waals surface area contributed by atoms with Crippen LogP contribution >= 0.6 is 11.3 Å². The molecule has 0 saturated carbocycles. The molecule has 1 N–H and O–H groups in total. The molecule has 1 aliphatic carbocycles. The number of rotatable bonds is 5. The number of fused-ring (bicyclic) bond motifs is 8. The lowest BCUT2D eigenvalue weighted by Crippen LogP contribution is -2.39. The molecular weight excluding hydrogens is 780 g/mol. The normalized spacial score (nSPS) is 13.9. The molecule has 2 aliphatic rings. The third-order valence-electron chi connectivity index (χ3n) is 13.6. The lowest BCUT2D eigenvalue weighted by molar-refractivity contribution is 0.590. The van der Waals surface area contributed by atoms with Gasteiger partial charge in [-0.25, -0.2) is 0 Å². The third kappa shape index (κ3) is 6.36. The van der Waals surface area contributed by atoms with Crippen LogP contribution in [-0.2, 0) is 16.2 Å². The summed E-state index contributed by atoms with van der Waals surface area (Å²) in [7, 11) is 2.49. The van der Waals surface area contributed by atoms with Crippen molar-refractivity contribution in [3.05, 3.63) is 186 Å². The summed E-state index contributed by atoms with van der Waals surface area (Å²) in [6.45, 7) is 18.5. The van der Waals surface area contributed by atoms with Crippen LogP contribution < -0.4 is 20.5 Å². The molecule has 4 heteroatoms. The molecule has 0 spiro atoms. The largest absolute Gasteiger partial charge is 0.355 e. The van der Waals surface area contributed by atoms with Gasteiger partial charge in [0.2, 0.25) is 7.28 Å². The van der Waals surface area contributed by atoms with E-state index in [9.17, 15) is 0 Å². The molecule has 307 valence electrons. The molecule has 0 bridgehead atoms. The molecule has 1 aliphatic heterocycles. The molecule has 2 heterocycles. The minimum atomic E-state index is -0.156. The highest BCUT2D eigenvalue weighted by atomic mass is 32.1. The Morgan fingerprint density at radius 2 is 1.21 bits per heavy atom. The molecule has 0 unspecified atom stereocenters. The van der Waals surface area contributed by atoms with Crippen molar-refractivity contribution in [3.63, 3.8) is 0 Å². The van der Waals surface area contributed by atoms with Gasteiger partial charge >= 0.3 is 0 Å². The van der Waals surface area contributed by atoms with E-state index in [1.807, 2.05) is 11.3 Å². The van der Waals surface area contributed by atoms with Gasteiger partial charge in [0.15, 0.2) is 0 Å². The Kier molecular flexibility index (Phi) is 8.99. The second-order valence-corrected chi connectivity index (χ2v) is 21.2. The number of hydrogen-bond donors (Lipinski definition) is 1. The van der Waals surface area contributed by atoms with Crippen LogP contribution in [0.25, 0.3) is 54.2 Å². The minimum absolute atomic E-state index is 0.0174. The molecule has 0 atom stereocenters. The number of nitrogens with zero attached hydrogens (tertiary/aromatic N) is 1. The maximum atomic E-state index is 4.11. The zero-order valence-electron chi connectivity index (χ0n) is 37.5. The van der Waals surface area contributed by atoms with Gasteiger partial charge in [-0.1, -0.05) is 183 Å². The number of thiophene rings is 1. The van der Waals surface area contributed by atoms with Crippen molar-refractivity contribution in [1.29, 1.82) is 0 Å². The number of benzene rings is 8. The van der Waals surface area contributed by atoms with E-state index in [2.05, 4.69) is 237 Å². The molecule has 8 aromatic carbocycles. The van der Waals surface area contributed by atoms with E-state index in [1.54, 1.807) is 0 Å². The van der Waals surface area contributed by atoms with E-state index in [-0.39, 0.29) is 16.2 Å². The van der Waals surface area contributed by atoms with Crippen LogP contribution in [0.2, 0.25) is 0 Å². The summed E-state index contributed by atoms with van der Waals surface area (Å²) in [6, 6.07) is 61.5. The SMILES string of the molecule is CC(C)(C)c1ccc(Nc2c(-c3c4c(cc5ccccc35)N(c3ccc(C(C)(C)C)cc3-c3ccccc3)c3c(sc5ccccc35)[B]4)ccc3c2-c2ccccc2C3(C)C)cc1. The number of anilines is 5. The highest BCUT2D eigenvalue weighted by Gasteiger charge is 2.39. The molecule has 63 heavy (non-hydrogen) atoms. The van der Waals surface area contributed by atoms with Gasteiger partial charge in [-0.15, -0.1) is 11.3 Å². The van der Waals surface area contributed by atoms with E-state index in [4.69, 9.17) is 0 Å². The summed E-state index contributed by atoms with van der Waals surface area (Å²) in [6.07, 6.45) is 0.